The zero-order valence-electron chi connectivity index (χ0n) is 7.60. The molecule has 0 unspecified atom stereocenters. The van der Waals surface area contributed by atoms with Crippen LogP contribution in [0.5, 0.6) is 0 Å². The normalized spacial score (nSPS) is 9.82. The van der Waals surface area contributed by atoms with E-state index in [1.807, 2.05) is 6.07 Å². The number of benzene rings is 1. The second-order valence-electron chi connectivity index (χ2n) is 3.08. The third kappa shape index (κ3) is 1.73. The molecule has 0 aliphatic heterocycles. The Labute approximate surface area is 68.7 Å². The fourth-order valence-corrected chi connectivity index (χ4v) is 1.14. The van der Waals surface area contributed by atoms with Crippen LogP contribution in [-0.4, -0.2) is 14.1 Å². The lowest BCUT2D eigenvalue weighted by Gasteiger charge is -2.15. The molecule has 0 aliphatic rings. The number of hydrogen-bond acceptors (Lipinski definition) is 1. The molecule has 0 saturated heterocycles. The van der Waals surface area contributed by atoms with E-state index in [4.69, 9.17) is 0 Å². The number of aryl methyl sites for hydroxylation is 2. The summed E-state index contributed by atoms with van der Waals surface area (Å²) in [5.74, 6) is 0. The van der Waals surface area contributed by atoms with E-state index in [-0.39, 0.29) is 0 Å². The van der Waals surface area contributed by atoms with Crippen molar-refractivity contribution in [1.82, 2.24) is 0 Å². The van der Waals surface area contributed by atoms with Crippen LogP contribution in [0.1, 0.15) is 11.1 Å². The van der Waals surface area contributed by atoms with E-state index in [2.05, 4.69) is 45.0 Å². The number of nitrogens with zero attached hydrogens (tertiary/aromatic N) is 1. The Morgan fingerprint density at radius 3 is 2.36 bits per heavy atom. The Kier molecular flexibility index (Phi) is 2.18. The first kappa shape index (κ1) is 8.12. The van der Waals surface area contributed by atoms with Crippen LogP contribution in [0.25, 0.3) is 0 Å². The monoisotopic (exact) mass is 148 g/mol. The standard InChI is InChI=1S/C10H14N/c1-8-5-6-9(2)10(7-8)11(3)4/h6-7H,1-4H3. The van der Waals surface area contributed by atoms with Gasteiger partial charge < -0.3 is 4.90 Å². The molecule has 0 aromatic heterocycles. The lowest BCUT2D eigenvalue weighted by atomic mass is 10.1. The molecule has 1 aromatic carbocycles. The highest BCUT2D eigenvalue weighted by atomic mass is 15.1. The predicted molar refractivity (Wildman–Crippen MR) is 49.1 cm³/mol. The van der Waals surface area contributed by atoms with Crippen molar-refractivity contribution in [1.29, 1.82) is 0 Å². The maximum Gasteiger partial charge on any atom is 0.0393 e. The first-order valence-electron chi connectivity index (χ1n) is 3.77. The molecule has 1 rings (SSSR count). The molecule has 1 aromatic rings. The van der Waals surface area contributed by atoms with Crippen molar-refractivity contribution in [2.24, 2.45) is 0 Å². The van der Waals surface area contributed by atoms with Crippen molar-refractivity contribution >= 4 is 5.69 Å². The van der Waals surface area contributed by atoms with Crippen molar-refractivity contribution in [3.63, 3.8) is 0 Å². The summed E-state index contributed by atoms with van der Waals surface area (Å²) in [7, 11) is 4.11. The van der Waals surface area contributed by atoms with Crippen molar-refractivity contribution < 1.29 is 0 Å². The van der Waals surface area contributed by atoms with E-state index < -0.39 is 0 Å². The fourth-order valence-electron chi connectivity index (χ4n) is 1.14. The lowest BCUT2D eigenvalue weighted by Crippen LogP contribution is -2.10. The zero-order valence-corrected chi connectivity index (χ0v) is 7.60. The summed E-state index contributed by atoms with van der Waals surface area (Å²) in [5.41, 5.74) is 3.75. The summed E-state index contributed by atoms with van der Waals surface area (Å²) in [6, 6.07) is 7.35. The van der Waals surface area contributed by atoms with Gasteiger partial charge in [-0.2, -0.15) is 0 Å². The van der Waals surface area contributed by atoms with Crippen LogP contribution in [0, 0.1) is 19.9 Å². The van der Waals surface area contributed by atoms with Gasteiger partial charge in [-0.15, -0.1) is 0 Å². The van der Waals surface area contributed by atoms with Crippen LogP contribution in [0.2, 0.25) is 0 Å². The van der Waals surface area contributed by atoms with Crippen LogP contribution in [0.4, 0.5) is 5.69 Å². The summed E-state index contributed by atoms with van der Waals surface area (Å²) in [5, 5.41) is 0. The largest absolute Gasteiger partial charge is 0.377 e. The maximum atomic E-state index is 3.17. The molecule has 0 N–H and O–H groups in total. The van der Waals surface area contributed by atoms with E-state index in [1.54, 1.807) is 0 Å². The van der Waals surface area contributed by atoms with Crippen molar-refractivity contribution in [2.75, 3.05) is 19.0 Å². The molecule has 0 heterocycles. The van der Waals surface area contributed by atoms with Gasteiger partial charge in [-0.1, -0.05) is 0 Å². The zero-order chi connectivity index (χ0) is 8.43. The maximum absolute atomic E-state index is 3.17. The number of anilines is 1. The molecular weight excluding hydrogens is 134 g/mol. The highest BCUT2D eigenvalue weighted by Crippen LogP contribution is 2.17. The van der Waals surface area contributed by atoms with Crippen LogP contribution >= 0.6 is 0 Å². The molecule has 0 bridgehead atoms. The highest BCUT2D eigenvalue weighted by molar-refractivity contribution is 5.53. The molecule has 1 radical (unpaired) electrons. The SMILES string of the molecule is Cc1[c]cc(C)c(N(C)C)c1. The van der Waals surface area contributed by atoms with Gasteiger partial charge in [0.15, 0.2) is 0 Å². The molecule has 1 heteroatoms. The van der Waals surface area contributed by atoms with Crippen molar-refractivity contribution in [2.45, 2.75) is 13.8 Å². The fraction of sp³-hybridized carbons (Fsp3) is 0.400. The quantitative estimate of drug-likeness (QED) is 0.590. The van der Waals surface area contributed by atoms with Crippen molar-refractivity contribution in [3.05, 3.63) is 29.3 Å². The van der Waals surface area contributed by atoms with Gasteiger partial charge in [-0.25, -0.2) is 0 Å². The van der Waals surface area contributed by atoms with Gasteiger partial charge in [0.1, 0.15) is 0 Å². The summed E-state index contributed by atoms with van der Waals surface area (Å²) in [4.78, 5) is 2.12. The molecule has 59 valence electrons. The van der Waals surface area contributed by atoms with Crippen LogP contribution in [-0.2, 0) is 0 Å². The van der Waals surface area contributed by atoms with E-state index in [9.17, 15) is 0 Å². The minimum absolute atomic E-state index is 1.19. The summed E-state index contributed by atoms with van der Waals surface area (Å²) >= 11 is 0. The van der Waals surface area contributed by atoms with Gasteiger partial charge >= 0.3 is 0 Å². The summed E-state index contributed by atoms with van der Waals surface area (Å²) < 4.78 is 0. The van der Waals surface area contributed by atoms with E-state index in [0.29, 0.717) is 0 Å². The van der Waals surface area contributed by atoms with Gasteiger partial charge in [-0.3, -0.25) is 0 Å². The average Bonchev–Trinajstić information content (AvgIpc) is 1.94. The highest BCUT2D eigenvalue weighted by Gasteiger charge is 1.98. The van der Waals surface area contributed by atoms with E-state index in [1.165, 1.54) is 16.8 Å². The number of rotatable bonds is 1. The van der Waals surface area contributed by atoms with E-state index in [0.717, 1.165) is 0 Å². The molecule has 11 heavy (non-hydrogen) atoms. The van der Waals surface area contributed by atoms with Crippen molar-refractivity contribution in [3.8, 4) is 0 Å². The Hall–Kier alpha value is -0.980. The second-order valence-corrected chi connectivity index (χ2v) is 3.08. The van der Waals surface area contributed by atoms with Gasteiger partial charge in [-0.05, 0) is 43.2 Å². The molecule has 0 amide bonds. The van der Waals surface area contributed by atoms with Gasteiger partial charge in [0.05, 0.1) is 0 Å². The minimum atomic E-state index is 1.19. The molecule has 0 aliphatic carbocycles. The minimum Gasteiger partial charge on any atom is -0.377 e. The first-order chi connectivity index (χ1) is 5.11. The third-order valence-corrected chi connectivity index (χ3v) is 1.76. The Morgan fingerprint density at radius 1 is 1.27 bits per heavy atom. The molecule has 0 saturated carbocycles. The van der Waals surface area contributed by atoms with E-state index >= 15 is 0 Å². The smallest absolute Gasteiger partial charge is 0.0393 e. The Balaban J connectivity index is 3.13. The molecule has 0 spiro atoms. The lowest BCUT2D eigenvalue weighted by molar-refractivity contribution is 1.11. The van der Waals surface area contributed by atoms with Gasteiger partial charge in [0.2, 0.25) is 0 Å². The molecule has 0 atom stereocenters. The molecule has 1 nitrogen and oxygen atoms in total. The van der Waals surface area contributed by atoms with Gasteiger partial charge in [0.25, 0.3) is 0 Å². The summed E-state index contributed by atoms with van der Waals surface area (Å²) in [6.45, 7) is 4.16. The van der Waals surface area contributed by atoms with Crippen LogP contribution in [0.15, 0.2) is 12.1 Å². The van der Waals surface area contributed by atoms with Gasteiger partial charge in [0, 0.05) is 19.8 Å². The molecular formula is C10H14N. The Morgan fingerprint density at radius 2 is 1.91 bits per heavy atom. The number of hydrogen-bond donors (Lipinski definition) is 0. The van der Waals surface area contributed by atoms with Crippen LogP contribution in [0.3, 0.4) is 0 Å². The summed E-state index contributed by atoms with van der Waals surface area (Å²) in [6.07, 6.45) is 0. The average molecular weight is 148 g/mol. The second kappa shape index (κ2) is 2.95. The Bertz CT molecular complexity index is 251. The van der Waals surface area contributed by atoms with Crippen LogP contribution < -0.4 is 4.90 Å². The third-order valence-electron chi connectivity index (χ3n) is 1.76. The topological polar surface area (TPSA) is 3.24 Å². The molecule has 0 fully saturated rings. The first-order valence-corrected chi connectivity index (χ1v) is 3.77. The predicted octanol–water partition coefficient (Wildman–Crippen LogP) is 2.17.